The van der Waals surface area contributed by atoms with Crippen LogP contribution in [0.3, 0.4) is 0 Å². The molecule has 3 aromatic carbocycles. The maximum Gasteiger partial charge on any atom is 0.264 e. The van der Waals surface area contributed by atoms with Crippen molar-refractivity contribution >= 4 is 33.2 Å². The number of hydrogen-bond donors (Lipinski definition) is 1. The molecule has 1 amide bonds. The topological polar surface area (TPSA) is 84.9 Å². The molecule has 0 fully saturated rings. The van der Waals surface area contributed by atoms with Crippen LogP contribution in [0.2, 0.25) is 5.02 Å². The number of amides is 1. The quantitative estimate of drug-likeness (QED) is 0.467. The fourth-order valence-corrected chi connectivity index (χ4v) is 4.76. The van der Waals surface area contributed by atoms with Crippen molar-refractivity contribution < 1.29 is 22.7 Å². The summed E-state index contributed by atoms with van der Waals surface area (Å²) in [4.78, 5) is 12.8. The minimum atomic E-state index is -4.01. The van der Waals surface area contributed by atoms with E-state index in [-0.39, 0.29) is 10.6 Å². The van der Waals surface area contributed by atoms with Crippen molar-refractivity contribution in [3.8, 4) is 11.5 Å². The second-order valence-electron chi connectivity index (χ2n) is 7.09. The number of ether oxygens (including phenoxy) is 2. The molecule has 3 aromatic rings. The number of benzene rings is 3. The van der Waals surface area contributed by atoms with Crippen LogP contribution in [0.5, 0.6) is 11.5 Å². The van der Waals surface area contributed by atoms with Gasteiger partial charge in [0.15, 0.2) is 11.5 Å². The van der Waals surface area contributed by atoms with E-state index in [1.807, 2.05) is 12.1 Å². The van der Waals surface area contributed by atoms with Gasteiger partial charge in [0.25, 0.3) is 10.0 Å². The molecule has 7 nitrogen and oxygen atoms in total. The van der Waals surface area contributed by atoms with Crippen molar-refractivity contribution in [1.29, 1.82) is 0 Å². The van der Waals surface area contributed by atoms with Crippen molar-refractivity contribution in [3.63, 3.8) is 0 Å². The summed E-state index contributed by atoms with van der Waals surface area (Å²) in [5, 5.41) is 3.43. The molecule has 0 saturated carbocycles. The van der Waals surface area contributed by atoms with Crippen LogP contribution in [0.1, 0.15) is 5.56 Å². The molecule has 0 spiro atoms. The van der Waals surface area contributed by atoms with Crippen LogP contribution in [-0.2, 0) is 21.2 Å². The largest absolute Gasteiger partial charge is 0.493 e. The zero-order chi connectivity index (χ0) is 23.8. The van der Waals surface area contributed by atoms with Crippen molar-refractivity contribution in [1.82, 2.24) is 5.32 Å². The molecule has 0 heterocycles. The number of methoxy groups -OCH3 is 2. The first-order chi connectivity index (χ1) is 15.8. The lowest BCUT2D eigenvalue weighted by Crippen LogP contribution is -2.41. The molecule has 0 radical (unpaired) electrons. The number of hydrogen-bond acceptors (Lipinski definition) is 5. The molecule has 174 valence electrons. The predicted molar refractivity (Wildman–Crippen MR) is 129 cm³/mol. The van der Waals surface area contributed by atoms with Gasteiger partial charge in [-0.1, -0.05) is 41.9 Å². The Balaban J connectivity index is 1.82. The maximum atomic E-state index is 13.4. The van der Waals surface area contributed by atoms with E-state index in [4.69, 9.17) is 21.1 Å². The van der Waals surface area contributed by atoms with E-state index in [0.717, 1.165) is 9.87 Å². The Morgan fingerprint density at radius 3 is 2.24 bits per heavy atom. The summed E-state index contributed by atoms with van der Waals surface area (Å²) in [6.45, 7) is -0.0427. The third kappa shape index (κ3) is 6.18. The number of rotatable bonds is 10. The van der Waals surface area contributed by atoms with Crippen molar-refractivity contribution in [2.24, 2.45) is 0 Å². The van der Waals surface area contributed by atoms with Crippen LogP contribution in [0, 0.1) is 0 Å². The van der Waals surface area contributed by atoms with E-state index in [0.29, 0.717) is 29.5 Å². The highest BCUT2D eigenvalue weighted by atomic mass is 35.5. The lowest BCUT2D eigenvalue weighted by molar-refractivity contribution is -0.119. The van der Waals surface area contributed by atoms with Gasteiger partial charge in [0.05, 0.1) is 24.8 Å². The van der Waals surface area contributed by atoms with Gasteiger partial charge >= 0.3 is 0 Å². The number of nitrogens with one attached hydrogen (secondary N) is 1. The molecule has 0 bridgehead atoms. The fraction of sp³-hybridized carbons (Fsp3) is 0.208. The van der Waals surface area contributed by atoms with Gasteiger partial charge in [-0.05, 0) is 48.4 Å². The number of carbonyl (C=O) groups is 1. The number of carbonyl (C=O) groups excluding carboxylic acids is 1. The maximum absolute atomic E-state index is 13.4. The van der Waals surface area contributed by atoms with Gasteiger partial charge in [-0.15, -0.1) is 0 Å². The van der Waals surface area contributed by atoms with Crippen LogP contribution in [0.15, 0.2) is 77.7 Å². The van der Waals surface area contributed by atoms with E-state index in [2.05, 4.69) is 5.32 Å². The summed E-state index contributed by atoms with van der Waals surface area (Å²) < 4.78 is 38.4. The Labute approximate surface area is 198 Å². The van der Waals surface area contributed by atoms with Crippen molar-refractivity contribution in [2.75, 3.05) is 31.6 Å². The van der Waals surface area contributed by atoms with Crippen LogP contribution in [0.25, 0.3) is 0 Å². The molecule has 33 heavy (non-hydrogen) atoms. The van der Waals surface area contributed by atoms with Crippen molar-refractivity contribution in [3.05, 3.63) is 83.4 Å². The van der Waals surface area contributed by atoms with Gasteiger partial charge in [-0.25, -0.2) is 8.42 Å². The lowest BCUT2D eigenvalue weighted by atomic mass is 10.1. The zero-order valence-corrected chi connectivity index (χ0v) is 19.9. The molecule has 0 aliphatic rings. The number of halogens is 1. The first-order valence-corrected chi connectivity index (χ1v) is 12.0. The molecule has 0 aliphatic carbocycles. The van der Waals surface area contributed by atoms with Gasteiger partial charge in [0.1, 0.15) is 6.54 Å². The lowest BCUT2D eigenvalue weighted by Gasteiger charge is -2.25. The smallest absolute Gasteiger partial charge is 0.264 e. The van der Waals surface area contributed by atoms with E-state index in [1.165, 1.54) is 32.4 Å². The predicted octanol–water partition coefficient (Wildman–Crippen LogP) is 3.91. The van der Waals surface area contributed by atoms with E-state index in [9.17, 15) is 13.2 Å². The fourth-order valence-electron chi connectivity index (χ4n) is 3.20. The minimum Gasteiger partial charge on any atom is -0.493 e. The molecular formula is C24H25ClN2O5S. The van der Waals surface area contributed by atoms with E-state index >= 15 is 0 Å². The normalized spacial score (nSPS) is 11.0. The molecule has 0 aromatic heterocycles. The first kappa shape index (κ1) is 24.4. The molecule has 3 rings (SSSR count). The van der Waals surface area contributed by atoms with Gasteiger partial charge in [0, 0.05) is 17.6 Å². The van der Waals surface area contributed by atoms with E-state index in [1.54, 1.807) is 42.5 Å². The van der Waals surface area contributed by atoms with E-state index < -0.39 is 22.5 Å². The molecule has 9 heteroatoms. The molecule has 0 unspecified atom stereocenters. The highest BCUT2D eigenvalue weighted by molar-refractivity contribution is 7.92. The third-order valence-electron chi connectivity index (χ3n) is 4.92. The molecular weight excluding hydrogens is 464 g/mol. The number of nitrogens with zero attached hydrogens (tertiary/aromatic N) is 1. The third-order valence-corrected chi connectivity index (χ3v) is 6.96. The average Bonchev–Trinajstić information content (AvgIpc) is 2.83. The molecule has 0 saturated heterocycles. The standard InChI is InChI=1S/C24H25ClN2O5S/c1-31-22-13-12-20(16-23(22)32-2)27(33(29,30)21-6-4-3-5-7-21)17-24(28)26-15-14-18-8-10-19(25)11-9-18/h3-13,16H,14-15,17H2,1-2H3,(H,26,28). The summed E-state index contributed by atoms with van der Waals surface area (Å²) in [6, 6.07) is 20.0. The van der Waals surface area contributed by atoms with Crippen LogP contribution < -0.4 is 19.1 Å². The summed E-state index contributed by atoms with van der Waals surface area (Å²) >= 11 is 5.90. The van der Waals surface area contributed by atoms with Gasteiger partial charge < -0.3 is 14.8 Å². The minimum absolute atomic E-state index is 0.0775. The summed E-state index contributed by atoms with van der Waals surface area (Å²) in [6.07, 6.45) is 0.588. The van der Waals surface area contributed by atoms with Gasteiger partial charge in [0.2, 0.25) is 5.91 Å². The Kier molecular flexibility index (Phi) is 8.19. The molecule has 0 aliphatic heterocycles. The summed E-state index contributed by atoms with van der Waals surface area (Å²) in [5.41, 5.74) is 1.29. The van der Waals surface area contributed by atoms with Crippen molar-refractivity contribution in [2.45, 2.75) is 11.3 Å². The average molecular weight is 489 g/mol. The highest BCUT2D eigenvalue weighted by Crippen LogP contribution is 2.33. The second kappa shape index (κ2) is 11.1. The second-order valence-corrected chi connectivity index (χ2v) is 9.39. The number of sulfonamides is 1. The van der Waals surface area contributed by atoms with Crippen LogP contribution in [-0.4, -0.2) is 41.6 Å². The molecule has 0 atom stereocenters. The zero-order valence-electron chi connectivity index (χ0n) is 18.3. The molecule has 1 N–H and O–H groups in total. The SMILES string of the molecule is COc1ccc(N(CC(=O)NCCc2ccc(Cl)cc2)S(=O)(=O)c2ccccc2)cc1OC. The highest BCUT2D eigenvalue weighted by Gasteiger charge is 2.28. The van der Waals surface area contributed by atoms with Crippen LogP contribution >= 0.6 is 11.6 Å². The number of anilines is 1. The summed E-state index contributed by atoms with van der Waals surface area (Å²) in [5.74, 6) is 0.371. The first-order valence-electron chi connectivity index (χ1n) is 10.2. The monoisotopic (exact) mass is 488 g/mol. The van der Waals surface area contributed by atoms with Crippen LogP contribution in [0.4, 0.5) is 5.69 Å². The summed E-state index contributed by atoms with van der Waals surface area (Å²) in [7, 11) is -1.06. The Hall–Kier alpha value is -3.23. The van der Waals surface area contributed by atoms with Gasteiger partial charge in [-0.2, -0.15) is 0 Å². The Morgan fingerprint density at radius 2 is 1.61 bits per heavy atom. The van der Waals surface area contributed by atoms with Gasteiger partial charge in [-0.3, -0.25) is 9.10 Å². The Bertz CT molecular complexity index is 1190. The Morgan fingerprint density at radius 1 is 0.939 bits per heavy atom.